The Balaban J connectivity index is 2.15. The number of pyridine rings is 1. The molecule has 0 bridgehead atoms. The lowest BCUT2D eigenvalue weighted by Crippen LogP contribution is -2.12. The van der Waals surface area contributed by atoms with Gasteiger partial charge >= 0.3 is 0 Å². The Hall–Kier alpha value is -2.83. The fourth-order valence-corrected chi connectivity index (χ4v) is 2.73. The SMILES string of the molecule is NS(=O)(=O)c1cncc(N=C(c2ccccc2)c2ccccc2)c1. The van der Waals surface area contributed by atoms with Gasteiger partial charge in [0.25, 0.3) is 0 Å². The van der Waals surface area contributed by atoms with E-state index in [4.69, 9.17) is 5.14 Å². The molecule has 0 fully saturated rings. The number of benzene rings is 2. The average molecular weight is 337 g/mol. The van der Waals surface area contributed by atoms with Gasteiger partial charge in [0.05, 0.1) is 17.6 Å². The zero-order valence-corrected chi connectivity index (χ0v) is 13.5. The maximum Gasteiger partial charge on any atom is 0.239 e. The van der Waals surface area contributed by atoms with E-state index in [-0.39, 0.29) is 4.90 Å². The second kappa shape index (κ2) is 6.74. The van der Waals surface area contributed by atoms with Gasteiger partial charge in [-0.05, 0) is 6.07 Å². The molecular formula is C18H15N3O2S. The number of primary sulfonamides is 1. The molecule has 3 aromatic rings. The summed E-state index contributed by atoms with van der Waals surface area (Å²) in [6, 6.07) is 20.7. The summed E-state index contributed by atoms with van der Waals surface area (Å²) < 4.78 is 23.0. The molecule has 1 heterocycles. The van der Waals surface area contributed by atoms with E-state index < -0.39 is 10.0 Å². The van der Waals surface area contributed by atoms with Crippen molar-refractivity contribution in [1.82, 2.24) is 4.98 Å². The van der Waals surface area contributed by atoms with Gasteiger partial charge in [-0.15, -0.1) is 0 Å². The van der Waals surface area contributed by atoms with Crippen LogP contribution in [-0.2, 0) is 10.0 Å². The van der Waals surface area contributed by atoms with E-state index in [1.807, 2.05) is 60.7 Å². The molecule has 0 amide bonds. The molecule has 3 rings (SSSR count). The lowest BCUT2D eigenvalue weighted by molar-refractivity contribution is 0.597. The summed E-state index contributed by atoms with van der Waals surface area (Å²) in [6.45, 7) is 0. The van der Waals surface area contributed by atoms with Crippen LogP contribution in [0, 0.1) is 0 Å². The molecule has 0 atom stereocenters. The highest BCUT2D eigenvalue weighted by atomic mass is 32.2. The monoisotopic (exact) mass is 337 g/mol. The van der Waals surface area contributed by atoms with Crippen molar-refractivity contribution < 1.29 is 8.42 Å². The molecule has 5 nitrogen and oxygen atoms in total. The first kappa shape index (κ1) is 16.0. The largest absolute Gasteiger partial charge is 0.261 e. The van der Waals surface area contributed by atoms with Crippen LogP contribution in [0.5, 0.6) is 0 Å². The standard InChI is InChI=1S/C18H15N3O2S/c19-24(22,23)17-11-16(12-20-13-17)21-18(14-7-3-1-4-8-14)15-9-5-2-6-10-15/h1-13H,(H2,19,22,23). The van der Waals surface area contributed by atoms with Gasteiger partial charge in [0.2, 0.25) is 10.0 Å². The van der Waals surface area contributed by atoms with Crippen molar-refractivity contribution >= 4 is 21.4 Å². The third kappa shape index (κ3) is 3.73. The molecule has 24 heavy (non-hydrogen) atoms. The van der Waals surface area contributed by atoms with Gasteiger partial charge in [0, 0.05) is 17.3 Å². The van der Waals surface area contributed by atoms with E-state index in [0.717, 1.165) is 16.8 Å². The molecule has 0 aliphatic carbocycles. The van der Waals surface area contributed by atoms with Crippen molar-refractivity contribution in [2.45, 2.75) is 4.90 Å². The molecule has 6 heteroatoms. The molecule has 0 aliphatic rings. The van der Waals surface area contributed by atoms with Gasteiger partial charge in [-0.2, -0.15) is 0 Å². The number of aliphatic imine (C=N–C) groups is 1. The van der Waals surface area contributed by atoms with E-state index in [9.17, 15) is 8.42 Å². The summed E-state index contributed by atoms with van der Waals surface area (Å²) in [6.07, 6.45) is 2.71. The third-order valence-corrected chi connectivity index (χ3v) is 4.24. The number of hydrogen-bond donors (Lipinski definition) is 1. The fraction of sp³-hybridized carbons (Fsp3) is 0. The van der Waals surface area contributed by atoms with E-state index in [2.05, 4.69) is 9.98 Å². The van der Waals surface area contributed by atoms with E-state index >= 15 is 0 Å². The zero-order valence-electron chi connectivity index (χ0n) is 12.7. The summed E-state index contributed by atoms with van der Waals surface area (Å²) in [5.41, 5.74) is 2.99. The van der Waals surface area contributed by atoms with Gasteiger partial charge < -0.3 is 0 Å². The second-order valence-corrected chi connectivity index (χ2v) is 6.68. The minimum absolute atomic E-state index is 0.0655. The highest BCUT2D eigenvalue weighted by molar-refractivity contribution is 7.89. The lowest BCUT2D eigenvalue weighted by atomic mass is 10.0. The highest BCUT2D eigenvalue weighted by Gasteiger charge is 2.11. The van der Waals surface area contributed by atoms with Gasteiger partial charge in [-0.25, -0.2) is 18.5 Å². The first-order valence-electron chi connectivity index (χ1n) is 7.21. The first-order chi connectivity index (χ1) is 11.5. The minimum Gasteiger partial charge on any atom is -0.261 e. The molecule has 2 aromatic carbocycles. The number of sulfonamides is 1. The topological polar surface area (TPSA) is 85.4 Å². The Morgan fingerprint density at radius 3 is 1.92 bits per heavy atom. The first-order valence-corrected chi connectivity index (χ1v) is 8.76. The molecule has 0 unspecified atom stereocenters. The normalized spacial score (nSPS) is 11.0. The molecule has 120 valence electrons. The number of nitrogens with zero attached hydrogens (tertiary/aromatic N) is 2. The predicted octanol–water partition coefficient (Wildman–Crippen LogP) is 2.90. The highest BCUT2D eigenvalue weighted by Crippen LogP contribution is 2.20. The van der Waals surface area contributed by atoms with Gasteiger partial charge in [-0.3, -0.25) is 4.98 Å². The van der Waals surface area contributed by atoms with Crippen LogP contribution in [0.3, 0.4) is 0 Å². The van der Waals surface area contributed by atoms with Crippen LogP contribution in [0.4, 0.5) is 5.69 Å². The molecule has 0 saturated heterocycles. The Labute approximate surface area is 140 Å². The summed E-state index contributed by atoms with van der Waals surface area (Å²) in [4.78, 5) is 8.47. The van der Waals surface area contributed by atoms with Crippen molar-refractivity contribution in [2.75, 3.05) is 0 Å². The van der Waals surface area contributed by atoms with E-state index in [0.29, 0.717) is 5.69 Å². The zero-order chi connectivity index (χ0) is 17.0. The van der Waals surface area contributed by atoms with Crippen LogP contribution >= 0.6 is 0 Å². The van der Waals surface area contributed by atoms with E-state index in [1.165, 1.54) is 18.5 Å². The Morgan fingerprint density at radius 1 is 0.875 bits per heavy atom. The van der Waals surface area contributed by atoms with Crippen LogP contribution in [-0.4, -0.2) is 19.1 Å². The molecular weight excluding hydrogens is 322 g/mol. The molecule has 2 N–H and O–H groups in total. The van der Waals surface area contributed by atoms with Crippen molar-refractivity contribution in [3.63, 3.8) is 0 Å². The Bertz CT molecular complexity index is 928. The van der Waals surface area contributed by atoms with Crippen LogP contribution in [0.1, 0.15) is 11.1 Å². The smallest absolute Gasteiger partial charge is 0.239 e. The Morgan fingerprint density at radius 2 is 1.42 bits per heavy atom. The van der Waals surface area contributed by atoms with Crippen molar-refractivity contribution in [2.24, 2.45) is 10.1 Å². The Kier molecular flexibility index (Phi) is 4.50. The number of hydrogen-bond acceptors (Lipinski definition) is 4. The number of aromatic nitrogens is 1. The van der Waals surface area contributed by atoms with Crippen molar-refractivity contribution in [3.8, 4) is 0 Å². The quantitative estimate of drug-likeness (QED) is 0.743. The molecule has 1 aromatic heterocycles. The van der Waals surface area contributed by atoms with Crippen molar-refractivity contribution in [1.29, 1.82) is 0 Å². The van der Waals surface area contributed by atoms with E-state index in [1.54, 1.807) is 0 Å². The molecule has 0 saturated carbocycles. The minimum atomic E-state index is -3.82. The van der Waals surface area contributed by atoms with Crippen LogP contribution < -0.4 is 5.14 Å². The van der Waals surface area contributed by atoms with Crippen LogP contribution in [0.2, 0.25) is 0 Å². The molecule has 0 radical (unpaired) electrons. The summed E-state index contributed by atoms with van der Waals surface area (Å²) in [7, 11) is -3.82. The lowest BCUT2D eigenvalue weighted by Gasteiger charge is -2.08. The van der Waals surface area contributed by atoms with Gasteiger partial charge in [0.1, 0.15) is 4.90 Å². The number of nitrogens with two attached hydrogens (primary N) is 1. The summed E-state index contributed by atoms with van der Waals surface area (Å²) in [5.74, 6) is 0. The predicted molar refractivity (Wildman–Crippen MR) is 93.8 cm³/mol. The molecule has 0 aliphatic heterocycles. The van der Waals surface area contributed by atoms with Crippen molar-refractivity contribution in [3.05, 3.63) is 90.3 Å². The summed E-state index contributed by atoms with van der Waals surface area (Å²) >= 11 is 0. The summed E-state index contributed by atoms with van der Waals surface area (Å²) in [5, 5.41) is 5.16. The number of rotatable bonds is 4. The van der Waals surface area contributed by atoms with Crippen LogP contribution in [0.25, 0.3) is 0 Å². The molecule has 0 spiro atoms. The second-order valence-electron chi connectivity index (χ2n) is 5.12. The average Bonchev–Trinajstić information content (AvgIpc) is 2.61. The van der Waals surface area contributed by atoms with Gasteiger partial charge in [0.15, 0.2) is 0 Å². The maximum atomic E-state index is 11.5. The van der Waals surface area contributed by atoms with Gasteiger partial charge in [-0.1, -0.05) is 60.7 Å². The fourth-order valence-electron chi connectivity index (χ4n) is 2.24. The maximum absolute atomic E-state index is 11.5. The third-order valence-electron chi connectivity index (χ3n) is 3.36. The van der Waals surface area contributed by atoms with Crippen LogP contribution in [0.15, 0.2) is 89.0 Å².